The smallest absolute Gasteiger partial charge is 0.141 e. The minimum atomic E-state index is 0.403. The Morgan fingerprint density at radius 2 is 1.42 bits per heavy atom. The fraction of sp³-hybridized carbons (Fsp3) is 0. The number of hydrogen-bond acceptors (Lipinski definition) is 3. The number of nitriles is 1. The molecule has 3 nitrogen and oxygen atoms in total. The Kier molecular flexibility index (Phi) is 3.84. The third-order valence-corrected chi connectivity index (χ3v) is 5.77. The maximum atomic E-state index is 9.17. The highest BCUT2D eigenvalue weighted by atomic mass is 16.3. The molecule has 0 aliphatic rings. The van der Waals surface area contributed by atoms with Crippen molar-refractivity contribution >= 4 is 32.7 Å². The molecule has 4 aromatic carbocycles. The van der Waals surface area contributed by atoms with Gasteiger partial charge in [-0.2, -0.15) is 5.26 Å². The topological polar surface area (TPSA) is 49.8 Å². The average molecular weight is 396 g/mol. The van der Waals surface area contributed by atoms with Crippen LogP contribution < -0.4 is 0 Å². The third kappa shape index (κ3) is 2.78. The van der Waals surface area contributed by atoms with Crippen LogP contribution in [-0.4, -0.2) is 4.98 Å². The Bertz CT molecular complexity index is 1640. The SMILES string of the molecule is N#Cc1cc(-c2ccc3c(c2)oc2cc(-c4ccccc4)c4ccccc4c23)ccn1. The van der Waals surface area contributed by atoms with E-state index in [1.165, 1.54) is 16.3 Å². The molecule has 0 N–H and O–H groups in total. The molecule has 0 unspecified atom stereocenters. The van der Waals surface area contributed by atoms with Gasteiger partial charge in [0.1, 0.15) is 22.9 Å². The summed E-state index contributed by atoms with van der Waals surface area (Å²) in [6.45, 7) is 0. The highest BCUT2D eigenvalue weighted by Gasteiger charge is 2.15. The van der Waals surface area contributed by atoms with Crippen molar-refractivity contribution in [3.63, 3.8) is 0 Å². The van der Waals surface area contributed by atoms with Crippen molar-refractivity contribution in [1.29, 1.82) is 5.26 Å². The number of aromatic nitrogens is 1. The number of benzene rings is 4. The monoisotopic (exact) mass is 396 g/mol. The van der Waals surface area contributed by atoms with E-state index in [0.29, 0.717) is 5.69 Å². The van der Waals surface area contributed by atoms with Gasteiger partial charge < -0.3 is 4.42 Å². The zero-order valence-electron chi connectivity index (χ0n) is 16.5. The van der Waals surface area contributed by atoms with Crippen LogP contribution in [-0.2, 0) is 0 Å². The molecule has 0 aliphatic heterocycles. The Balaban J connectivity index is 1.64. The minimum Gasteiger partial charge on any atom is -0.456 e. The molecule has 144 valence electrons. The van der Waals surface area contributed by atoms with Gasteiger partial charge in [-0.15, -0.1) is 0 Å². The van der Waals surface area contributed by atoms with E-state index < -0.39 is 0 Å². The number of rotatable bonds is 2. The highest BCUT2D eigenvalue weighted by Crippen LogP contribution is 2.40. The van der Waals surface area contributed by atoms with Crippen molar-refractivity contribution in [3.05, 3.63) is 103 Å². The van der Waals surface area contributed by atoms with Crippen LogP contribution in [0.4, 0.5) is 0 Å². The summed E-state index contributed by atoms with van der Waals surface area (Å²) in [5.41, 5.74) is 6.39. The molecule has 31 heavy (non-hydrogen) atoms. The third-order valence-electron chi connectivity index (χ3n) is 5.77. The van der Waals surface area contributed by atoms with E-state index in [2.05, 4.69) is 77.8 Å². The Hall–Kier alpha value is -4.42. The standard InChI is InChI=1S/C28H16N2O/c29-17-21-14-20(12-13-30-21)19-10-11-24-26(15-19)31-27-16-25(18-6-2-1-3-7-18)22-8-4-5-9-23(22)28(24)27/h1-16H. The average Bonchev–Trinajstić information content (AvgIpc) is 3.22. The molecule has 0 saturated heterocycles. The molecule has 6 rings (SSSR count). The summed E-state index contributed by atoms with van der Waals surface area (Å²) < 4.78 is 6.36. The maximum Gasteiger partial charge on any atom is 0.141 e. The van der Waals surface area contributed by atoms with E-state index in [1.807, 2.05) is 18.2 Å². The fourth-order valence-corrected chi connectivity index (χ4v) is 4.35. The molecular weight excluding hydrogens is 380 g/mol. The quantitative estimate of drug-likeness (QED) is 0.308. The summed E-state index contributed by atoms with van der Waals surface area (Å²) in [6.07, 6.45) is 1.66. The summed E-state index contributed by atoms with van der Waals surface area (Å²) in [6, 6.07) is 33.1. The second kappa shape index (κ2) is 6.83. The molecule has 6 aromatic rings. The Labute approximate surface area is 178 Å². The lowest BCUT2D eigenvalue weighted by Gasteiger charge is -2.08. The van der Waals surface area contributed by atoms with Crippen LogP contribution in [0.5, 0.6) is 0 Å². The van der Waals surface area contributed by atoms with Gasteiger partial charge in [0.2, 0.25) is 0 Å². The fourth-order valence-electron chi connectivity index (χ4n) is 4.35. The summed E-state index contributed by atoms with van der Waals surface area (Å²) >= 11 is 0. The van der Waals surface area contributed by atoms with E-state index in [9.17, 15) is 0 Å². The van der Waals surface area contributed by atoms with Crippen molar-refractivity contribution in [2.75, 3.05) is 0 Å². The predicted octanol–water partition coefficient (Wildman–Crippen LogP) is 7.34. The summed E-state index contributed by atoms with van der Waals surface area (Å²) in [7, 11) is 0. The Morgan fingerprint density at radius 3 is 2.26 bits per heavy atom. The van der Waals surface area contributed by atoms with E-state index >= 15 is 0 Å². The minimum absolute atomic E-state index is 0.403. The molecular formula is C28H16N2O. The number of pyridine rings is 1. The molecule has 3 heteroatoms. The Morgan fingerprint density at radius 1 is 0.645 bits per heavy atom. The van der Waals surface area contributed by atoms with E-state index in [-0.39, 0.29) is 0 Å². The molecule has 2 aromatic heterocycles. The molecule has 0 fully saturated rings. The summed E-state index contributed by atoms with van der Waals surface area (Å²) in [5.74, 6) is 0. The van der Waals surface area contributed by atoms with Crippen molar-refractivity contribution in [3.8, 4) is 28.3 Å². The second-order valence-corrected chi connectivity index (χ2v) is 7.56. The van der Waals surface area contributed by atoms with Crippen LogP contribution in [0.1, 0.15) is 5.69 Å². The van der Waals surface area contributed by atoms with Crippen molar-refractivity contribution in [1.82, 2.24) is 4.98 Å². The molecule has 0 spiro atoms. The van der Waals surface area contributed by atoms with Gasteiger partial charge >= 0.3 is 0 Å². The number of hydrogen-bond donors (Lipinski definition) is 0. The first-order chi connectivity index (χ1) is 15.3. The van der Waals surface area contributed by atoms with Gasteiger partial charge in [-0.05, 0) is 63.4 Å². The number of furan rings is 1. The van der Waals surface area contributed by atoms with Crippen molar-refractivity contribution in [2.24, 2.45) is 0 Å². The van der Waals surface area contributed by atoms with Crippen LogP contribution in [0, 0.1) is 11.3 Å². The predicted molar refractivity (Wildman–Crippen MR) is 125 cm³/mol. The molecule has 2 heterocycles. The van der Waals surface area contributed by atoms with Crippen LogP contribution in [0.25, 0.3) is 55.0 Å². The largest absolute Gasteiger partial charge is 0.456 e. The van der Waals surface area contributed by atoms with Crippen LogP contribution in [0.2, 0.25) is 0 Å². The molecule has 0 radical (unpaired) electrons. The van der Waals surface area contributed by atoms with Gasteiger partial charge in [0.25, 0.3) is 0 Å². The van der Waals surface area contributed by atoms with Gasteiger partial charge in [-0.25, -0.2) is 4.98 Å². The van der Waals surface area contributed by atoms with Crippen LogP contribution in [0.3, 0.4) is 0 Å². The van der Waals surface area contributed by atoms with Crippen LogP contribution >= 0.6 is 0 Å². The normalized spacial score (nSPS) is 11.2. The summed E-state index contributed by atoms with van der Waals surface area (Å²) in [4.78, 5) is 4.07. The number of nitrogens with zero attached hydrogens (tertiary/aromatic N) is 2. The molecule has 0 bridgehead atoms. The maximum absolute atomic E-state index is 9.17. The first-order valence-corrected chi connectivity index (χ1v) is 10.1. The first-order valence-electron chi connectivity index (χ1n) is 10.1. The van der Waals surface area contributed by atoms with E-state index in [0.717, 1.165) is 38.6 Å². The molecule has 0 aliphatic carbocycles. The second-order valence-electron chi connectivity index (χ2n) is 7.56. The number of fused-ring (bicyclic) bond motifs is 5. The van der Waals surface area contributed by atoms with E-state index in [4.69, 9.17) is 9.68 Å². The van der Waals surface area contributed by atoms with Crippen molar-refractivity contribution in [2.45, 2.75) is 0 Å². The lowest BCUT2D eigenvalue weighted by molar-refractivity contribution is 0.669. The molecule has 0 atom stereocenters. The lowest BCUT2D eigenvalue weighted by atomic mass is 9.94. The molecule has 0 saturated carbocycles. The van der Waals surface area contributed by atoms with Crippen LogP contribution in [0.15, 0.2) is 102 Å². The van der Waals surface area contributed by atoms with E-state index in [1.54, 1.807) is 12.3 Å². The zero-order valence-corrected chi connectivity index (χ0v) is 16.5. The van der Waals surface area contributed by atoms with Gasteiger partial charge in [0.05, 0.1) is 0 Å². The van der Waals surface area contributed by atoms with Gasteiger partial charge in [0.15, 0.2) is 0 Å². The lowest BCUT2D eigenvalue weighted by Crippen LogP contribution is -1.84. The van der Waals surface area contributed by atoms with Crippen molar-refractivity contribution < 1.29 is 4.42 Å². The van der Waals surface area contributed by atoms with Gasteiger partial charge in [-0.1, -0.05) is 60.7 Å². The van der Waals surface area contributed by atoms with Gasteiger partial charge in [-0.3, -0.25) is 0 Å². The zero-order chi connectivity index (χ0) is 20.8. The van der Waals surface area contributed by atoms with Gasteiger partial charge in [0, 0.05) is 17.0 Å². The highest BCUT2D eigenvalue weighted by molar-refractivity contribution is 6.22. The summed E-state index contributed by atoms with van der Waals surface area (Å²) in [5, 5.41) is 13.8. The molecule has 0 amide bonds. The first kappa shape index (κ1) is 17.4.